The van der Waals surface area contributed by atoms with Gasteiger partial charge in [0.15, 0.2) is 0 Å². The van der Waals surface area contributed by atoms with Crippen LogP contribution >= 0.6 is 15.9 Å². The highest BCUT2D eigenvalue weighted by molar-refractivity contribution is 9.09. The highest BCUT2D eigenvalue weighted by Crippen LogP contribution is 2.06. The lowest BCUT2D eigenvalue weighted by atomic mass is 10.3. The first-order valence-electron chi connectivity index (χ1n) is 6.04. The van der Waals surface area contributed by atoms with Gasteiger partial charge in [-0.15, -0.1) is 0 Å². The summed E-state index contributed by atoms with van der Waals surface area (Å²) in [7, 11) is 1.66. The number of nitrogens with zero attached hydrogens (tertiary/aromatic N) is 2. The van der Waals surface area contributed by atoms with Crippen LogP contribution in [0.2, 0.25) is 0 Å². The zero-order valence-electron chi connectivity index (χ0n) is 11.1. The second-order valence-corrected chi connectivity index (χ2v) is 5.38. The molecule has 1 aromatic rings. The van der Waals surface area contributed by atoms with Crippen LogP contribution in [0.3, 0.4) is 0 Å². The molecular weight excluding hydrogens is 298 g/mol. The fourth-order valence-corrected chi connectivity index (χ4v) is 2.16. The van der Waals surface area contributed by atoms with E-state index in [1.54, 1.807) is 17.9 Å². The van der Waals surface area contributed by atoms with E-state index in [4.69, 9.17) is 4.74 Å². The number of nitrogens with one attached hydrogen (secondary N) is 1. The van der Waals surface area contributed by atoms with Gasteiger partial charge in [0.05, 0.1) is 12.3 Å². The molecule has 1 atom stereocenters. The lowest BCUT2D eigenvalue weighted by molar-refractivity contribution is 0.0941. The van der Waals surface area contributed by atoms with Crippen molar-refractivity contribution in [3.05, 3.63) is 17.5 Å². The Labute approximate surface area is 116 Å². The molecule has 102 valence electrons. The topological polar surface area (TPSA) is 56.2 Å². The number of alkyl halides is 1. The molecule has 1 N–H and O–H groups in total. The van der Waals surface area contributed by atoms with Gasteiger partial charge in [0.1, 0.15) is 5.69 Å². The minimum Gasteiger partial charge on any atom is -0.384 e. The summed E-state index contributed by atoms with van der Waals surface area (Å²) in [5.41, 5.74) is 1.48. The number of halogens is 1. The van der Waals surface area contributed by atoms with E-state index in [-0.39, 0.29) is 10.7 Å². The second kappa shape index (κ2) is 7.53. The molecule has 0 aromatic carbocycles. The average Bonchev–Trinajstić information content (AvgIpc) is 2.70. The molecule has 1 unspecified atom stereocenters. The first-order valence-corrected chi connectivity index (χ1v) is 6.95. The first kappa shape index (κ1) is 15.2. The molecule has 0 aliphatic heterocycles. The Morgan fingerprint density at radius 1 is 1.67 bits per heavy atom. The maximum Gasteiger partial charge on any atom is 0.269 e. The SMILES string of the molecule is CCn1nc(C)cc1C(=O)NCCC(Br)COC. The standard InChI is InChI=1S/C12H20BrN3O2/c1-4-16-11(7-9(2)15-16)12(17)14-6-5-10(13)8-18-3/h7,10H,4-6,8H2,1-3H3,(H,14,17). The number of hydrogen-bond donors (Lipinski definition) is 1. The highest BCUT2D eigenvalue weighted by atomic mass is 79.9. The minimum absolute atomic E-state index is 0.0745. The van der Waals surface area contributed by atoms with Gasteiger partial charge in [-0.3, -0.25) is 9.48 Å². The molecule has 1 aromatic heterocycles. The van der Waals surface area contributed by atoms with Crippen molar-refractivity contribution in [3.63, 3.8) is 0 Å². The molecule has 5 nitrogen and oxygen atoms in total. The summed E-state index contributed by atoms with van der Waals surface area (Å²) in [5, 5.41) is 7.14. The summed E-state index contributed by atoms with van der Waals surface area (Å²) < 4.78 is 6.73. The van der Waals surface area contributed by atoms with E-state index < -0.39 is 0 Å². The number of carbonyl (C=O) groups is 1. The molecule has 0 aliphatic carbocycles. The first-order chi connectivity index (χ1) is 8.58. The Bertz CT molecular complexity index is 393. The van der Waals surface area contributed by atoms with Crippen molar-refractivity contribution in [2.24, 2.45) is 0 Å². The predicted molar refractivity (Wildman–Crippen MR) is 74.2 cm³/mol. The molecule has 0 aliphatic rings. The molecule has 0 saturated heterocycles. The van der Waals surface area contributed by atoms with Crippen molar-refractivity contribution in [2.45, 2.75) is 31.6 Å². The smallest absolute Gasteiger partial charge is 0.269 e. The summed E-state index contributed by atoms with van der Waals surface area (Å²) in [6, 6.07) is 1.81. The summed E-state index contributed by atoms with van der Waals surface area (Å²) >= 11 is 3.48. The van der Waals surface area contributed by atoms with Gasteiger partial charge in [0.2, 0.25) is 0 Å². The molecule has 0 fully saturated rings. The van der Waals surface area contributed by atoms with Gasteiger partial charge in [0, 0.05) is 25.0 Å². The molecule has 6 heteroatoms. The monoisotopic (exact) mass is 317 g/mol. The quantitative estimate of drug-likeness (QED) is 0.779. The molecular formula is C12H20BrN3O2. The van der Waals surface area contributed by atoms with Crippen LogP contribution in [-0.4, -0.2) is 40.8 Å². The predicted octanol–water partition coefficient (Wildman–Crippen LogP) is 1.74. The van der Waals surface area contributed by atoms with Crippen LogP contribution in [-0.2, 0) is 11.3 Å². The number of methoxy groups -OCH3 is 1. The molecule has 0 spiro atoms. The molecule has 18 heavy (non-hydrogen) atoms. The van der Waals surface area contributed by atoms with Crippen LogP contribution in [0.15, 0.2) is 6.07 Å². The molecule has 0 bridgehead atoms. The van der Waals surface area contributed by atoms with Crippen molar-refractivity contribution < 1.29 is 9.53 Å². The lowest BCUT2D eigenvalue weighted by Crippen LogP contribution is -2.28. The van der Waals surface area contributed by atoms with Gasteiger partial charge in [-0.1, -0.05) is 15.9 Å². The molecule has 1 rings (SSSR count). The van der Waals surface area contributed by atoms with Crippen molar-refractivity contribution in [3.8, 4) is 0 Å². The van der Waals surface area contributed by atoms with Crippen LogP contribution in [0.1, 0.15) is 29.5 Å². The lowest BCUT2D eigenvalue weighted by Gasteiger charge is -2.10. The van der Waals surface area contributed by atoms with Crippen LogP contribution in [0, 0.1) is 6.92 Å². The van der Waals surface area contributed by atoms with Gasteiger partial charge in [0.25, 0.3) is 5.91 Å². The Balaban J connectivity index is 2.45. The van der Waals surface area contributed by atoms with Gasteiger partial charge in [-0.05, 0) is 26.3 Å². The van der Waals surface area contributed by atoms with Crippen LogP contribution < -0.4 is 5.32 Å². The van der Waals surface area contributed by atoms with Gasteiger partial charge in [-0.25, -0.2) is 0 Å². The Hall–Kier alpha value is -0.880. The third-order valence-electron chi connectivity index (χ3n) is 2.52. The summed E-state index contributed by atoms with van der Waals surface area (Å²) in [4.78, 5) is 12.2. The van der Waals surface area contributed by atoms with E-state index in [2.05, 4.69) is 26.3 Å². The van der Waals surface area contributed by atoms with Crippen LogP contribution in [0.5, 0.6) is 0 Å². The van der Waals surface area contributed by atoms with Crippen molar-refractivity contribution in [2.75, 3.05) is 20.3 Å². The van der Waals surface area contributed by atoms with Crippen molar-refractivity contribution in [1.82, 2.24) is 15.1 Å². The van der Waals surface area contributed by atoms with Crippen LogP contribution in [0.4, 0.5) is 0 Å². The zero-order valence-corrected chi connectivity index (χ0v) is 12.7. The van der Waals surface area contributed by atoms with E-state index in [1.165, 1.54) is 0 Å². The van der Waals surface area contributed by atoms with Gasteiger partial charge < -0.3 is 10.1 Å². The fraction of sp³-hybridized carbons (Fsp3) is 0.667. The fourth-order valence-electron chi connectivity index (χ4n) is 1.67. The van der Waals surface area contributed by atoms with E-state index in [0.717, 1.165) is 12.1 Å². The maximum absolute atomic E-state index is 12.0. The number of aromatic nitrogens is 2. The molecule has 0 saturated carbocycles. The third-order valence-corrected chi connectivity index (χ3v) is 3.25. The number of ether oxygens (including phenoxy) is 1. The van der Waals surface area contributed by atoms with E-state index >= 15 is 0 Å². The summed E-state index contributed by atoms with van der Waals surface area (Å²) in [6.07, 6.45) is 0.832. The van der Waals surface area contributed by atoms with Crippen molar-refractivity contribution in [1.29, 1.82) is 0 Å². The normalized spacial score (nSPS) is 12.4. The minimum atomic E-state index is -0.0745. The number of aryl methyl sites for hydroxylation is 2. The number of rotatable bonds is 7. The maximum atomic E-state index is 12.0. The highest BCUT2D eigenvalue weighted by Gasteiger charge is 2.13. The Morgan fingerprint density at radius 3 is 3.00 bits per heavy atom. The average molecular weight is 318 g/mol. The largest absolute Gasteiger partial charge is 0.384 e. The summed E-state index contributed by atoms with van der Waals surface area (Å²) in [6.45, 7) is 5.81. The molecule has 0 radical (unpaired) electrons. The van der Waals surface area contributed by atoms with E-state index in [1.807, 2.05) is 13.8 Å². The molecule has 1 amide bonds. The summed E-state index contributed by atoms with van der Waals surface area (Å²) in [5.74, 6) is -0.0745. The Morgan fingerprint density at radius 2 is 2.39 bits per heavy atom. The number of amides is 1. The van der Waals surface area contributed by atoms with Gasteiger partial charge in [-0.2, -0.15) is 5.10 Å². The zero-order chi connectivity index (χ0) is 13.5. The second-order valence-electron chi connectivity index (χ2n) is 4.08. The molecule has 1 heterocycles. The van der Waals surface area contributed by atoms with Crippen LogP contribution in [0.25, 0.3) is 0 Å². The third kappa shape index (κ3) is 4.42. The van der Waals surface area contributed by atoms with Gasteiger partial charge >= 0.3 is 0 Å². The van der Waals surface area contributed by atoms with Crippen molar-refractivity contribution >= 4 is 21.8 Å². The number of carbonyl (C=O) groups excluding carboxylic acids is 1. The van der Waals surface area contributed by atoms with E-state index in [9.17, 15) is 4.79 Å². The Kier molecular flexibility index (Phi) is 6.35. The number of hydrogen-bond acceptors (Lipinski definition) is 3. The van der Waals surface area contributed by atoms with E-state index in [0.29, 0.717) is 25.4 Å².